The Morgan fingerprint density at radius 3 is 2.72 bits per heavy atom. The lowest BCUT2D eigenvalue weighted by atomic mass is 10.2. The number of thiazole rings is 1. The van der Waals surface area contributed by atoms with Gasteiger partial charge in [0.05, 0.1) is 21.3 Å². The zero-order valence-electron chi connectivity index (χ0n) is 15.3. The molecule has 0 atom stereocenters. The highest BCUT2D eigenvalue weighted by Gasteiger charge is 2.16. The Kier molecular flexibility index (Phi) is 6.25. The van der Waals surface area contributed by atoms with Gasteiger partial charge in [-0.05, 0) is 25.1 Å². The summed E-state index contributed by atoms with van der Waals surface area (Å²) >= 11 is 10.7. The third kappa shape index (κ3) is 4.84. The lowest BCUT2D eigenvalue weighted by Crippen LogP contribution is -2.12. The highest BCUT2D eigenvalue weighted by molar-refractivity contribution is 7.98. The van der Waals surface area contributed by atoms with Crippen LogP contribution in [0.1, 0.15) is 21.1 Å². The first-order valence-corrected chi connectivity index (χ1v) is 11.7. The number of aryl methyl sites for hydroxylation is 1. The van der Waals surface area contributed by atoms with Gasteiger partial charge in [-0.15, -0.1) is 33.3 Å². The highest BCUT2D eigenvalue weighted by Crippen LogP contribution is 2.32. The highest BCUT2D eigenvalue weighted by atomic mass is 35.5. The summed E-state index contributed by atoms with van der Waals surface area (Å²) < 4.78 is 0. The summed E-state index contributed by atoms with van der Waals surface area (Å²) in [5.41, 5.74) is 2.40. The Morgan fingerprint density at radius 2 is 1.93 bits per heavy atom. The van der Waals surface area contributed by atoms with Gasteiger partial charge in [0.25, 0.3) is 5.91 Å². The Morgan fingerprint density at radius 1 is 1.14 bits per heavy atom. The Balaban J connectivity index is 1.48. The number of halogens is 1. The first kappa shape index (κ1) is 20.0. The van der Waals surface area contributed by atoms with Crippen LogP contribution in [0.3, 0.4) is 0 Å². The average Bonchev–Trinajstić information content (AvgIpc) is 3.36. The van der Waals surface area contributed by atoms with Crippen LogP contribution < -0.4 is 5.32 Å². The maximum absolute atomic E-state index is 12.8. The van der Waals surface area contributed by atoms with Crippen molar-refractivity contribution in [2.75, 3.05) is 5.32 Å². The molecule has 4 aromatic rings. The molecule has 29 heavy (non-hydrogen) atoms. The van der Waals surface area contributed by atoms with Crippen LogP contribution in [0.25, 0.3) is 10.6 Å². The number of carbonyl (C=O) groups is 1. The van der Waals surface area contributed by atoms with Gasteiger partial charge in [-0.3, -0.25) is 10.1 Å². The molecule has 2 aromatic heterocycles. The van der Waals surface area contributed by atoms with Gasteiger partial charge in [-0.25, -0.2) is 4.98 Å². The second-order valence-electron chi connectivity index (χ2n) is 5.99. The van der Waals surface area contributed by atoms with Crippen molar-refractivity contribution in [1.82, 2.24) is 15.2 Å². The zero-order chi connectivity index (χ0) is 20.2. The normalized spacial score (nSPS) is 10.8. The predicted molar refractivity (Wildman–Crippen MR) is 121 cm³/mol. The van der Waals surface area contributed by atoms with E-state index in [0.717, 1.165) is 21.2 Å². The van der Waals surface area contributed by atoms with E-state index < -0.39 is 0 Å². The number of thioether (sulfide) groups is 1. The van der Waals surface area contributed by atoms with Crippen LogP contribution in [0.15, 0.2) is 58.8 Å². The summed E-state index contributed by atoms with van der Waals surface area (Å²) in [4.78, 5) is 18.2. The minimum Gasteiger partial charge on any atom is -0.296 e. The third-order valence-corrected chi connectivity index (χ3v) is 7.05. The number of benzene rings is 2. The fraction of sp³-hybridized carbons (Fsp3) is 0.100. The zero-order valence-corrected chi connectivity index (χ0v) is 18.5. The van der Waals surface area contributed by atoms with Crippen LogP contribution in [0.4, 0.5) is 5.13 Å². The monoisotopic (exact) mass is 458 g/mol. The second-order valence-corrected chi connectivity index (χ2v) is 9.45. The molecule has 1 N–H and O–H groups in total. The molecule has 0 saturated carbocycles. The molecule has 146 valence electrons. The molecule has 2 aromatic carbocycles. The molecular weight excluding hydrogens is 444 g/mol. The largest absolute Gasteiger partial charge is 0.296 e. The van der Waals surface area contributed by atoms with Gasteiger partial charge in [-0.2, -0.15) is 0 Å². The molecule has 0 radical (unpaired) electrons. The SMILES string of the molecule is Cc1nc(CSc2ccccc2C(=O)Nc2nnc(-c3ccccc3Cl)s2)cs1. The maximum atomic E-state index is 12.8. The van der Waals surface area contributed by atoms with Gasteiger partial charge < -0.3 is 0 Å². The lowest BCUT2D eigenvalue weighted by molar-refractivity contribution is 0.102. The van der Waals surface area contributed by atoms with Gasteiger partial charge in [0.15, 0.2) is 5.01 Å². The summed E-state index contributed by atoms with van der Waals surface area (Å²) in [5, 5.41) is 15.9. The molecule has 9 heteroatoms. The predicted octanol–water partition coefficient (Wildman–Crippen LogP) is 6.17. The van der Waals surface area contributed by atoms with Crippen molar-refractivity contribution in [3.05, 3.63) is 75.2 Å². The van der Waals surface area contributed by atoms with E-state index in [1.54, 1.807) is 35.2 Å². The van der Waals surface area contributed by atoms with Crippen molar-refractivity contribution < 1.29 is 4.79 Å². The molecule has 0 spiro atoms. The molecule has 0 aliphatic heterocycles. The van der Waals surface area contributed by atoms with E-state index in [2.05, 4.69) is 20.5 Å². The van der Waals surface area contributed by atoms with Crippen LogP contribution in [-0.2, 0) is 5.75 Å². The van der Waals surface area contributed by atoms with Crippen molar-refractivity contribution in [2.45, 2.75) is 17.6 Å². The molecule has 0 unspecified atom stereocenters. The first-order valence-electron chi connectivity index (χ1n) is 8.63. The summed E-state index contributed by atoms with van der Waals surface area (Å²) in [5.74, 6) is 0.494. The number of aromatic nitrogens is 3. The Bertz CT molecular complexity index is 1160. The topological polar surface area (TPSA) is 67.8 Å². The molecule has 0 bridgehead atoms. The summed E-state index contributed by atoms with van der Waals surface area (Å²) in [6.45, 7) is 1.99. The van der Waals surface area contributed by atoms with Gasteiger partial charge in [0.1, 0.15) is 0 Å². The van der Waals surface area contributed by atoms with Gasteiger partial charge in [-0.1, -0.05) is 53.3 Å². The average molecular weight is 459 g/mol. The summed E-state index contributed by atoms with van der Waals surface area (Å²) in [6, 6.07) is 14.9. The second kappa shape index (κ2) is 9.04. The number of anilines is 1. The van der Waals surface area contributed by atoms with Crippen molar-refractivity contribution in [3.63, 3.8) is 0 Å². The molecule has 5 nitrogen and oxygen atoms in total. The Labute approximate surface area is 185 Å². The van der Waals surface area contributed by atoms with Crippen molar-refractivity contribution in [3.8, 4) is 10.6 Å². The van der Waals surface area contributed by atoms with Crippen LogP contribution >= 0.6 is 46.0 Å². The van der Waals surface area contributed by atoms with E-state index in [0.29, 0.717) is 26.5 Å². The molecule has 0 aliphatic rings. The van der Waals surface area contributed by atoms with Gasteiger partial charge in [0, 0.05) is 21.6 Å². The molecule has 0 aliphatic carbocycles. The fourth-order valence-electron chi connectivity index (χ4n) is 2.59. The quantitative estimate of drug-likeness (QED) is 0.350. The number of nitrogens with one attached hydrogen (secondary N) is 1. The Hall–Kier alpha value is -2.26. The first-order chi connectivity index (χ1) is 14.1. The van der Waals surface area contributed by atoms with Crippen LogP contribution in [0.2, 0.25) is 5.02 Å². The van der Waals surface area contributed by atoms with Crippen molar-refractivity contribution in [1.29, 1.82) is 0 Å². The van der Waals surface area contributed by atoms with Crippen molar-refractivity contribution >= 4 is 57.1 Å². The lowest BCUT2D eigenvalue weighted by Gasteiger charge is -2.07. The van der Waals surface area contributed by atoms with Gasteiger partial charge >= 0.3 is 0 Å². The molecule has 1 amide bonds. The standard InChI is InChI=1S/C20H15ClN4OS3/c1-12-22-13(10-27-12)11-28-17-9-5-3-7-15(17)18(26)23-20-25-24-19(29-20)14-6-2-4-8-16(14)21/h2-10H,11H2,1H3,(H,23,25,26). The van der Waals surface area contributed by atoms with E-state index in [1.165, 1.54) is 11.3 Å². The minimum atomic E-state index is -0.218. The molecule has 2 heterocycles. The van der Waals surface area contributed by atoms with Gasteiger partial charge in [0.2, 0.25) is 5.13 Å². The van der Waals surface area contributed by atoms with E-state index in [9.17, 15) is 4.79 Å². The summed E-state index contributed by atoms with van der Waals surface area (Å²) in [7, 11) is 0. The maximum Gasteiger partial charge on any atom is 0.258 e. The van der Waals surface area contributed by atoms with Crippen LogP contribution in [0, 0.1) is 6.92 Å². The number of nitrogens with zero attached hydrogens (tertiary/aromatic N) is 3. The van der Waals surface area contributed by atoms with E-state index >= 15 is 0 Å². The number of hydrogen-bond donors (Lipinski definition) is 1. The van der Waals surface area contributed by atoms with E-state index in [1.807, 2.05) is 48.7 Å². The van der Waals surface area contributed by atoms with Crippen molar-refractivity contribution in [2.24, 2.45) is 0 Å². The summed E-state index contributed by atoms with van der Waals surface area (Å²) in [6.07, 6.45) is 0. The number of carbonyl (C=O) groups excluding carboxylic acids is 1. The fourth-order valence-corrected chi connectivity index (χ4v) is 5.31. The third-order valence-electron chi connectivity index (χ3n) is 3.92. The number of rotatable bonds is 6. The van der Waals surface area contributed by atoms with E-state index in [-0.39, 0.29) is 5.91 Å². The minimum absolute atomic E-state index is 0.218. The van der Waals surface area contributed by atoms with Crippen LogP contribution in [-0.4, -0.2) is 21.1 Å². The van der Waals surface area contributed by atoms with Crippen LogP contribution in [0.5, 0.6) is 0 Å². The number of amides is 1. The molecule has 0 saturated heterocycles. The molecule has 4 rings (SSSR count). The number of hydrogen-bond acceptors (Lipinski definition) is 7. The smallest absolute Gasteiger partial charge is 0.258 e. The molecular formula is C20H15ClN4OS3. The van der Waals surface area contributed by atoms with E-state index in [4.69, 9.17) is 11.6 Å². The molecule has 0 fully saturated rings.